The number of carboxylic acids is 1. The third kappa shape index (κ3) is 2.25. The number of aromatic nitrogens is 1. The minimum Gasteiger partial charge on any atom is -0.480 e. The van der Waals surface area contributed by atoms with Crippen LogP contribution in [-0.2, 0) is 4.79 Å². The zero-order chi connectivity index (χ0) is 13.3. The van der Waals surface area contributed by atoms with Crippen LogP contribution in [0.15, 0.2) is 23.0 Å². The molecule has 0 spiro atoms. The van der Waals surface area contributed by atoms with Gasteiger partial charge in [-0.3, -0.25) is 9.59 Å². The number of hydrogen-bond acceptors (Lipinski definition) is 4. The molecule has 7 nitrogen and oxygen atoms in total. The Balaban J connectivity index is 2.28. The maximum Gasteiger partial charge on any atom is 0.326 e. The molecule has 0 aliphatic carbocycles. The number of likely N-dealkylation sites (tertiary alicyclic amines) is 1. The van der Waals surface area contributed by atoms with E-state index in [1.54, 1.807) is 0 Å². The van der Waals surface area contributed by atoms with Gasteiger partial charge in [0.15, 0.2) is 0 Å². The number of hydrogen-bond donors (Lipinski definition) is 3. The van der Waals surface area contributed by atoms with Gasteiger partial charge in [-0.2, -0.15) is 0 Å². The molecule has 0 radical (unpaired) electrons. The Labute approximate surface area is 102 Å². The van der Waals surface area contributed by atoms with E-state index >= 15 is 0 Å². The summed E-state index contributed by atoms with van der Waals surface area (Å²) in [6.07, 6.45) is -0.858. The molecule has 1 amide bonds. The number of nitrogens with zero attached hydrogens (tertiary/aromatic N) is 1. The summed E-state index contributed by atoms with van der Waals surface area (Å²) in [5, 5.41) is 18.4. The van der Waals surface area contributed by atoms with E-state index in [4.69, 9.17) is 5.11 Å². The molecule has 2 atom stereocenters. The Bertz CT molecular complexity index is 538. The molecule has 2 rings (SSSR count). The lowest BCUT2D eigenvalue weighted by Crippen LogP contribution is -2.41. The van der Waals surface area contributed by atoms with Crippen molar-refractivity contribution in [1.82, 2.24) is 9.88 Å². The Hall–Kier alpha value is -2.15. The minimum atomic E-state index is -1.17. The first-order chi connectivity index (χ1) is 8.49. The number of aromatic amines is 1. The molecule has 0 saturated carbocycles. The van der Waals surface area contributed by atoms with Gasteiger partial charge in [-0.15, -0.1) is 0 Å². The zero-order valence-corrected chi connectivity index (χ0v) is 9.37. The highest BCUT2D eigenvalue weighted by Gasteiger charge is 2.39. The molecule has 1 saturated heterocycles. The Morgan fingerprint density at radius 1 is 1.39 bits per heavy atom. The number of aliphatic hydroxyl groups is 1. The first kappa shape index (κ1) is 12.3. The van der Waals surface area contributed by atoms with E-state index in [2.05, 4.69) is 4.98 Å². The first-order valence-corrected chi connectivity index (χ1v) is 5.40. The fraction of sp³-hybridized carbons (Fsp3) is 0.364. The van der Waals surface area contributed by atoms with Crippen molar-refractivity contribution in [3.05, 3.63) is 34.2 Å². The number of carboxylic acid groups (broad SMARTS) is 1. The number of carbonyl (C=O) groups is 2. The van der Waals surface area contributed by atoms with Gasteiger partial charge in [-0.25, -0.2) is 4.79 Å². The van der Waals surface area contributed by atoms with E-state index in [-0.39, 0.29) is 18.7 Å². The third-order valence-corrected chi connectivity index (χ3v) is 2.82. The van der Waals surface area contributed by atoms with Gasteiger partial charge in [0.1, 0.15) is 11.7 Å². The molecule has 3 N–H and O–H groups in total. The monoisotopic (exact) mass is 252 g/mol. The Morgan fingerprint density at radius 3 is 2.72 bits per heavy atom. The standard InChI is InChI=1S/C11H12N2O5/c14-6-4-8(11(17)18)13(5-6)10(16)7-2-1-3-9(15)12-7/h1-3,6,8,14H,4-5H2,(H,12,15)(H,17,18). The summed E-state index contributed by atoms with van der Waals surface area (Å²) < 4.78 is 0. The van der Waals surface area contributed by atoms with Gasteiger partial charge in [-0.1, -0.05) is 6.07 Å². The number of rotatable bonds is 2. The normalized spacial score (nSPS) is 23.1. The van der Waals surface area contributed by atoms with Crippen LogP contribution in [0.4, 0.5) is 0 Å². The summed E-state index contributed by atoms with van der Waals surface area (Å²) in [7, 11) is 0. The van der Waals surface area contributed by atoms with Crippen LogP contribution in [-0.4, -0.2) is 50.7 Å². The number of aliphatic carboxylic acids is 1. The lowest BCUT2D eigenvalue weighted by atomic mass is 10.2. The second-order valence-electron chi connectivity index (χ2n) is 4.13. The summed E-state index contributed by atoms with van der Waals surface area (Å²) in [6, 6.07) is 3.00. The van der Waals surface area contributed by atoms with Crippen molar-refractivity contribution in [2.75, 3.05) is 6.54 Å². The van der Waals surface area contributed by atoms with Crippen LogP contribution in [0.25, 0.3) is 0 Å². The Kier molecular flexibility index (Phi) is 3.15. The van der Waals surface area contributed by atoms with Crippen molar-refractivity contribution in [3.63, 3.8) is 0 Å². The number of aliphatic hydroxyl groups excluding tert-OH is 1. The number of H-pyrrole nitrogens is 1. The number of pyridine rings is 1. The number of carbonyl (C=O) groups excluding carboxylic acids is 1. The summed E-state index contributed by atoms with van der Waals surface area (Å²) in [6.45, 7) is -0.0489. The second-order valence-corrected chi connectivity index (χ2v) is 4.13. The molecule has 18 heavy (non-hydrogen) atoms. The number of nitrogens with one attached hydrogen (secondary N) is 1. The summed E-state index contributed by atoms with van der Waals surface area (Å²) in [5.41, 5.74) is -0.421. The highest BCUT2D eigenvalue weighted by atomic mass is 16.4. The molecule has 1 aromatic heterocycles. The van der Waals surface area contributed by atoms with Gasteiger partial charge >= 0.3 is 5.97 Å². The lowest BCUT2D eigenvalue weighted by Gasteiger charge is -2.20. The van der Waals surface area contributed by atoms with Gasteiger partial charge in [0.25, 0.3) is 5.91 Å². The van der Waals surface area contributed by atoms with Crippen LogP contribution in [0, 0.1) is 0 Å². The summed E-state index contributed by atoms with van der Waals surface area (Å²) in [5.74, 6) is -1.77. The largest absolute Gasteiger partial charge is 0.480 e. The van der Waals surface area contributed by atoms with Crippen LogP contribution in [0.5, 0.6) is 0 Å². The minimum absolute atomic E-state index is 0.00185. The quantitative estimate of drug-likeness (QED) is 0.627. The number of amides is 1. The smallest absolute Gasteiger partial charge is 0.326 e. The van der Waals surface area contributed by atoms with Crippen LogP contribution in [0.2, 0.25) is 0 Å². The van der Waals surface area contributed by atoms with Crippen LogP contribution < -0.4 is 5.56 Å². The lowest BCUT2D eigenvalue weighted by molar-refractivity contribution is -0.141. The molecular weight excluding hydrogens is 240 g/mol. The fourth-order valence-electron chi connectivity index (χ4n) is 2.00. The predicted molar refractivity (Wildman–Crippen MR) is 60.1 cm³/mol. The molecule has 7 heteroatoms. The first-order valence-electron chi connectivity index (χ1n) is 5.40. The van der Waals surface area contributed by atoms with Crippen LogP contribution in [0.3, 0.4) is 0 Å². The zero-order valence-electron chi connectivity index (χ0n) is 9.37. The number of β-amino-alcohol motifs (C(OH)–C–C–N with tert-alkyl or cyclic N) is 1. The fourth-order valence-corrected chi connectivity index (χ4v) is 2.00. The molecule has 1 aliphatic rings. The van der Waals surface area contributed by atoms with Crippen LogP contribution >= 0.6 is 0 Å². The molecule has 96 valence electrons. The van der Waals surface area contributed by atoms with E-state index in [0.717, 1.165) is 4.90 Å². The van der Waals surface area contributed by atoms with Crippen molar-refractivity contribution in [3.8, 4) is 0 Å². The van der Waals surface area contributed by atoms with Crippen LogP contribution in [0.1, 0.15) is 16.9 Å². The second kappa shape index (κ2) is 4.61. The van der Waals surface area contributed by atoms with Gasteiger partial charge in [0, 0.05) is 19.0 Å². The van der Waals surface area contributed by atoms with E-state index < -0.39 is 29.6 Å². The average molecular weight is 252 g/mol. The van der Waals surface area contributed by atoms with Crippen molar-refractivity contribution < 1.29 is 19.8 Å². The van der Waals surface area contributed by atoms with Gasteiger partial charge in [0.2, 0.25) is 5.56 Å². The van der Waals surface area contributed by atoms with E-state index in [0.29, 0.717) is 0 Å². The molecule has 2 unspecified atom stereocenters. The van der Waals surface area contributed by atoms with Gasteiger partial charge in [-0.05, 0) is 6.07 Å². The van der Waals surface area contributed by atoms with Crippen molar-refractivity contribution in [2.45, 2.75) is 18.6 Å². The SMILES string of the molecule is O=C(O)C1CC(O)CN1C(=O)c1cccc(=O)[nH]1. The van der Waals surface area contributed by atoms with Gasteiger partial charge in [0.05, 0.1) is 6.10 Å². The van der Waals surface area contributed by atoms with E-state index in [1.807, 2.05) is 0 Å². The summed E-state index contributed by atoms with van der Waals surface area (Å²) >= 11 is 0. The average Bonchev–Trinajstić information content (AvgIpc) is 2.70. The maximum atomic E-state index is 12.0. The van der Waals surface area contributed by atoms with Crippen molar-refractivity contribution in [2.24, 2.45) is 0 Å². The Morgan fingerprint density at radius 2 is 2.11 bits per heavy atom. The van der Waals surface area contributed by atoms with E-state index in [9.17, 15) is 19.5 Å². The molecule has 1 fully saturated rings. The molecule has 0 bridgehead atoms. The van der Waals surface area contributed by atoms with Crippen molar-refractivity contribution in [1.29, 1.82) is 0 Å². The van der Waals surface area contributed by atoms with E-state index in [1.165, 1.54) is 18.2 Å². The molecule has 0 aromatic carbocycles. The van der Waals surface area contributed by atoms with Crippen molar-refractivity contribution >= 4 is 11.9 Å². The predicted octanol–water partition coefficient (Wildman–Crippen LogP) is -0.965. The highest BCUT2D eigenvalue weighted by Crippen LogP contribution is 2.19. The van der Waals surface area contributed by atoms with Gasteiger partial charge < -0.3 is 20.1 Å². The summed E-state index contributed by atoms with van der Waals surface area (Å²) in [4.78, 5) is 37.5. The topological polar surface area (TPSA) is 111 Å². The molecular formula is C11H12N2O5. The maximum absolute atomic E-state index is 12.0. The molecule has 1 aliphatic heterocycles. The molecule has 2 heterocycles. The highest BCUT2D eigenvalue weighted by molar-refractivity contribution is 5.95. The third-order valence-electron chi connectivity index (χ3n) is 2.82. The molecule has 1 aromatic rings.